The molecule has 2 rings (SSSR count). The van der Waals surface area contributed by atoms with E-state index < -0.39 is 0 Å². The third kappa shape index (κ3) is 11.5. The van der Waals surface area contributed by atoms with Crippen LogP contribution >= 0.6 is 0 Å². The monoisotopic (exact) mass is 396 g/mol. The summed E-state index contributed by atoms with van der Waals surface area (Å²) in [7, 11) is 0. The Morgan fingerprint density at radius 3 is 1.11 bits per heavy atom. The summed E-state index contributed by atoms with van der Waals surface area (Å²) in [6, 6.07) is 20.1. The Labute approximate surface area is 139 Å². The summed E-state index contributed by atoms with van der Waals surface area (Å²) >= 11 is 9.87. The van der Waals surface area contributed by atoms with Gasteiger partial charge in [0, 0.05) is 0 Å². The van der Waals surface area contributed by atoms with Crippen molar-refractivity contribution in [1.82, 2.24) is 0 Å². The molecule has 0 heterocycles. The molecule has 0 amide bonds. The zero-order valence-corrected chi connectivity index (χ0v) is 16.0. The van der Waals surface area contributed by atoms with Gasteiger partial charge in [0.05, 0.1) is 0 Å². The standard InChI is InChI=1S/2C7H8S.2CH3.Sn/c2*8-6-7-4-2-1-3-5-7;;;/h2*1-5,8H,6H2;2*1H3;/q;;;;+2/p-2. The molecule has 0 atom stereocenters. The molecule has 2 aromatic rings. The van der Waals surface area contributed by atoms with Crippen LogP contribution in [0.2, 0.25) is 9.88 Å². The van der Waals surface area contributed by atoms with Gasteiger partial charge in [-0.2, -0.15) is 11.5 Å². The van der Waals surface area contributed by atoms with Gasteiger partial charge in [0.25, 0.3) is 0 Å². The van der Waals surface area contributed by atoms with E-state index in [2.05, 4.69) is 9.88 Å². The fourth-order valence-corrected chi connectivity index (χ4v) is 1.53. The molecule has 0 aliphatic carbocycles. The Kier molecular flexibility index (Phi) is 14.3. The average Bonchev–Trinajstić information content (AvgIpc) is 2.50. The zero-order chi connectivity index (χ0) is 14.3. The molecule has 3 heteroatoms. The molecule has 19 heavy (non-hydrogen) atoms. The first kappa shape index (κ1) is 18.9. The molecule has 0 unspecified atom stereocenters. The van der Waals surface area contributed by atoms with Crippen molar-refractivity contribution in [3.05, 3.63) is 71.8 Å². The van der Waals surface area contributed by atoms with Crippen molar-refractivity contribution in [1.29, 1.82) is 0 Å². The third-order valence-electron chi connectivity index (χ3n) is 2.02. The molecule has 100 valence electrons. The largest absolute Gasteiger partial charge is 0.788 e. The molecule has 0 nitrogen and oxygen atoms in total. The summed E-state index contributed by atoms with van der Waals surface area (Å²) in [6.07, 6.45) is 0. The average molecular weight is 395 g/mol. The van der Waals surface area contributed by atoms with Crippen molar-refractivity contribution in [3.63, 3.8) is 0 Å². The molecule has 0 aliphatic heterocycles. The van der Waals surface area contributed by atoms with Gasteiger partial charge in [0.1, 0.15) is 0 Å². The first-order valence-electron chi connectivity index (χ1n) is 6.11. The number of hydrogen-bond donors (Lipinski definition) is 0. The Balaban J connectivity index is 0.000000284. The fraction of sp³-hybridized carbons (Fsp3) is 0.250. The molecule has 0 aliphatic rings. The number of benzene rings is 2. The Morgan fingerprint density at radius 1 is 0.684 bits per heavy atom. The van der Waals surface area contributed by atoms with Crippen LogP contribution in [0.25, 0.3) is 0 Å². The van der Waals surface area contributed by atoms with Crippen LogP contribution in [0.5, 0.6) is 0 Å². The van der Waals surface area contributed by atoms with E-state index in [-0.39, 0.29) is 21.1 Å². The maximum Gasteiger partial charge on any atom is -0.0610 e. The zero-order valence-electron chi connectivity index (χ0n) is 11.5. The van der Waals surface area contributed by atoms with Gasteiger partial charge in [0.15, 0.2) is 0 Å². The van der Waals surface area contributed by atoms with E-state index >= 15 is 0 Å². The van der Waals surface area contributed by atoms with Gasteiger partial charge in [-0.05, 0) is 0 Å². The fourth-order valence-electron chi connectivity index (χ4n) is 1.15. The molecule has 0 N–H and O–H groups in total. The van der Waals surface area contributed by atoms with Gasteiger partial charge in [-0.3, -0.25) is 0 Å². The van der Waals surface area contributed by atoms with Crippen molar-refractivity contribution in [2.45, 2.75) is 21.4 Å². The van der Waals surface area contributed by atoms with Gasteiger partial charge >= 0.3 is 31.0 Å². The first-order chi connectivity index (χ1) is 9.28. The van der Waals surface area contributed by atoms with Gasteiger partial charge in [-0.15, -0.1) is 0 Å². The Hall–Kier alpha value is -0.0613. The Morgan fingerprint density at radius 2 is 0.947 bits per heavy atom. The van der Waals surface area contributed by atoms with Crippen molar-refractivity contribution < 1.29 is 0 Å². The van der Waals surface area contributed by atoms with Crippen LogP contribution in [-0.2, 0) is 36.8 Å². The molecule has 0 bridgehead atoms. The smallest absolute Gasteiger partial charge is 0.0610 e. The maximum atomic E-state index is 4.82. The van der Waals surface area contributed by atoms with E-state index in [0.717, 1.165) is 11.5 Å². The van der Waals surface area contributed by atoms with Crippen molar-refractivity contribution in [2.24, 2.45) is 0 Å². The van der Waals surface area contributed by atoms with Crippen LogP contribution in [0.15, 0.2) is 60.7 Å². The summed E-state index contributed by atoms with van der Waals surface area (Å²) in [6.45, 7) is 0. The van der Waals surface area contributed by atoms with Crippen LogP contribution in [-0.4, -0.2) is 21.1 Å². The van der Waals surface area contributed by atoms with E-state index in [1.807, 2.05) is 60.7 Å². The Bertz CT molecular complexity index is 351. The molecule has 2 aromatic carbocycles. The minimum absolute atomic E-state index is 0.230. The van der Waals surface area contributed by atoms with Gasteiger partial charge in [0.2, 0.25) is 0 Å². The summed E-state index contributed by atoms with van der Waals surface area (Å²) in [5, 5.41) is 0. The van der Waals surface area contributed by atoms with Gasteiger partial charge < -0.3 is 25.3 Å². The van der Waals surface area contributed by atoms with Crippen molar-refractivity contribution >= 4 is 46.4 Å². The van der Waals surface area contributed by atoms with E-state index in [4.69, 9.17) is 25.3 Å². The number of hydrogen-bond acceptors (Lipinski definition) is 2. The minimum atomic E-state index is 0.230. The second-order valence-electron chi connectivity index (χ2n) is 3.76. The van der Waals surface area contributed by atoms with Crippen molar-refractivity contribution in [3.8, 4) is 0 Å². The maximum absolute atomic E-state index is 4.82. The summed E-state index contributed by atoms with van der Waals surface area (Å²) in [5.41, 5.74) is 2.45. The topological polar surface area (TPSA) is 0 Å². The van der Waals surface area contributed by atoms with E-state index in [0.29, 0.717) is 0 Å². The van der Waals surface area contributed by atoms with E-state index in [1.165, 1.54) is 11.1 Å². The second-order valence-corrected chi connectivity index (χ2v) is 7.19. The minimum Gasteiger partial charge on any atom is -0.788 e. The molecule has 0 fully saturated rings. The normalized spacial score (nSPS) is 8.21. The van der Waals surface area contributed by atoms with E-state index in [1.54, 1.807) is 0 Å². The molecule has 0 aromatic heterocycles. The third-order valence-corrected chi connectivity index (χ3v) is 2.69. The predicted octanol–water partition coefficient (Wildman–Crippen LogP) is 4.25. The molecular weight excluding hydrogens is 375 g/mol. The van der Waals surface area contributed by atoms with Crippen LogP contribution < -0.4 is 0 Å². The van der Waals surface area contributed by atoms with Crippen LogP contribution in [0, 0.1) is 0 Å². The molecule has 0 radical (unpaired) electrons. The molecule has 0 spiro atoms. The van der Waals surface area contributed by atoms with Gasteiger partial charge in [-0.1, -0.05) is 71.8 Å². The quantitative estimate of drug-likeness (QED) is 0.551. The van der Waals surface area contributed by atoms with Crippen LogP contribution in [0.4, 0.5) is 0 Å². The summed E-state index contributed by atoms with van der Waals surface area (Å²) < 4.78 is 0. The molecule has 0 saturated carbocycles. The van der Waals surface area contributed by atoms with E-state index in [9.17, 15) is 0 Å². The number of rotatable bonds is 2. The van der Waals surface area contributed by atoms with Crippen LogP contribution in [0.1, 0.15) is 11.1 Å². The summed E-state index contributed by atoms with van der Waals surface area (Å²) in [4.78, 5) is 4.59. The molecular formula is C16H20S2Sn. The second kappa shape index (κ2) is 14.3. The summed E-state index contributed by atoms with van der Waals surface area (Å²) in [5.74, 6) is 1.45. The molecule has 0 saturated heterocycles. The van der Waals surface area contributed by atoms with Gasteiger partial charge in [-0.25, -0.2) is 0 Å². The first-order valence-corrected chi connectivity index (χ1v) is 13.0. The predicted molar refractivity (Wildman–Crippen MR) is 92.5 cm³/mol. The SMILES string of the molecule is [CH3][Sn+2][CH3].[S-]Cc1ccccc1.[S-]Cc1ccccc1. The van der Waals surface area contributed by atoms with Crippen molar-refractivity contribution in [2.75, 3.05) is 0 Å². The van der Waals surface area contributed by atoms with Crippen LogP contribution in [0.3, 0.4) is 0 Å².